The minimum absolute atomic E-state index is 0.264. The van der Waals surface area contributed by atoms with Crippen LogP contribution in [0.25, 0.3) is 0 Å². The van der Waals surface area contributed by atoms with Gasteiger partial charge < -0.3 is 10.8 Å². The predicted octanol–water partition coefficient (Wildman–Crippen LogP) is 1.36. The second-order valence-corrected chi connectivity index (χ2v) is 4.34. The summed E-state index contributed by atoms with van der Waals surface area (Å²) in [6.45, 7) is 1.98. The zero-order chi connectivity index (χ0) is 11.5. The number of rotatable bonds is 2. The molecular weight excluding hydrogens is 207 g/mol. The molecular formula is C12H17FN2O. The molecule has 0 amide bonds. The van der Waals surface area contributed by atoms with E-state index in [4.69, 9.17) is 5.73 Å². The van der Waals surface area contributed by atoms with Crippen molar-refractivity contribution in [2.24, 2.45) is 0 Å². The third-order valence-electron chi connectivity index (χ3n) is 3.02. The van der Waals surface area contributed by atoms with Crippen molar-refractivity contribution in [3.63, 3.8) is 0 Å². The molecule has 0 spiro atoms. The number of nitrogens with two attached hydrogens (primary N) is 1. The van der Waals surface area contributed by atoms with E-state index in [0.717, 1.165) is 19.4 Å². The Labute approximate surface area is 94.7 Å². The first-order chi connectivity index (χ1) is 7.66. The highest BCUT2D eigenvalue weighted by Gasteiger charge is 2.19. The number of nitrogen functional groups attached to an aromatic ring is 1. The van der Waals surface area contributed by atoms with Crippen LogP contribution in [0.15, 0.2) is 18.2 Å². The monoisotopic (exact) mass is 224 g/mol. The number of nitrogens with zero attached hydrogens (tertiary/aromatic N) is 1. The Bertz CT molecular complexity index is 350. The molecule has 1 aromatic rings. The molecule has 1 aliphatic rings. The van der Waals surface area contributed by atoms with Gasteiger partial charge in [-0.3, -0.25) is 4.90 Å². The number of hydrogen-bond acceptors (Lipinski definition) is 3. The third-order valence-corrected chi connectivity index (χ3v) is 3.02. The number of β-amino-alcohol motifs (C(OH)–C–C–N with tert-alkyl or cyclic N) is 1. The van der Waals surface area contributed by atoms with Gasteiger partial charge in [-0.15, -0.1) is 0 Å². The maximum Gasteiger partial charge on any atom is 0.129 e. The van der Waals surface area contributed by atoms with Crippen LogP contribution < -0.4 is 5.73 Å². The molecule has 16 heavy (non-hydrogen) atoms. The molecule has 1 saturated heterocycles. The maximum atomic E-state index is 13.5. The molecule has 0 aliphatic carbocycles. The number of likely N-dealkylation sites (tertiary alicyclic amines) is 1. The van der Waals surface area contributed by atoms with Crippen molar-refractivity contribution in [2.45, 2.75) is 25.5 Å². The van der Waals surface area contributed by atoms with E-state index in [2.05, 4.69) is 0 Å². The molecule has 88 valence electrons. The van der Waals surface area contributed by atoms with E-state index in [0.29, 0.717) is 24.3 Å². The van der Waals surface area contributed by atoms with Crippen molar-refractivity contribution in [1.29, 1.82) is 0 Å². The Balaban J connectivity index is 2.08. The molecule has 1 aliphatic heterocycles. The van der Waals surface area contributed by atoms with Crippen molar-refractivity contribution in [1.82, 2.24) is 4.90 Å². The van der Waals surface area contributed by atoms with Gasteiger partial charge in [-0.1, -0.05) is 6.07 Å². The van der Waals surface area contributed by atoms with E-state index in [1.807, 2.05) is 4.90 Å². The molecule has 2 rings (SSSR count). The number of piperidine rings is 1. The molecule has 1 atom stereocenters. The van der Waals surface area contributed by atoms with Gasteiger partial charge in [0.1, 0.15) is 5.82 Å². The van der Waals surface area contributed by atoms with E-state index in [9.17, 15) is 9.50 Å². The van der Waals surface area contributed by atoms with Gasteiger partial charge >= 0.3 is 0 Å². The van der Waals surface area contributed by atoms with Gasteiger partial charge in [-0.25, -0.2) is 4.39 Å². The molecule has 3 N–H and O–H groups in total. The summed E-state index contributed by atoms with van der Waals surface area (Å²) >= 11 is 0. The minimum Gasteiger partial charge on any atom is -0.398 e. The zero-order valence-electron chi connectivity index (χ0n) is 9.19. The topological polar surface area (TPSA) is 49.5 Å². The zero-order valence-corrected chi connectivity index (χ0v) is 9.19. The van der Waals surface area contributed by atoms with Crippen LogP contribution in [0.1, 0.15) is 18.4 Å². The fourth-order valence-electron chi connectivity index (χ4n) is 2.14. The van der Waals surface area contributed by atoms with Crippen molar-refractivity contribution in [3.05, 3.63) is 29.6 Å². The number of benzene rings is 1. The summed E-state index contributed by atoms with van der Waals surface area (Å²) in [6.07, 6.45) is 1.50. The summed E-state index contributed by atoms with van der Waals surface area (Å²) in [5, 5.41) is 9.53. The number of aliphatic hydroxyl groups excluding tert-OH is 1. The molecule has 3 nitrogen and oxygen atoms in total. The van der Waals surface area contributed by atoms with Crippen molar-refractivity contribution < 1.29 is 9.50 Å². The highest BCUT2D eigenvalue weighted by atomic mass is 19.1. The number of halogens is 1. The Hall–Kier alpha value is -1.13. The lowest BCUT2D eigenvalue weighted by Crippen LogP contribution is -2.38. The summed E-state index contributed by atoms with van der Waals surface area (Å²) in [5.74, 6) is -0.264. The summed E-state index contributed by atoms with van der Waals surface area (Å²) in [7, 11) is 0. The third kappa shape index (κ3) is 2.51. The van der Waals surface area contributed by atoms with Gasteiger partial charge in [0.25, 0.3) is 0 Å². The number of anilines is 1. The van der Waals surface area contributed by atoms with Crippen LogP contribution in [-0.2, 0) is 6.54 Å². The first kappa shape index (κ1) is 11.4. The lowest BCUT2D eigenvalue weighted by Gasteiger charge is -2.30. The molecule has 1 heterocycles. The van der Waals surface area contributed by atoms with Gasteiger partial charge in [-0.05, 0) is 31.5 Å². The SMILES string of the molecule is Nc1cccc(F)c1CN1CCCC(O)C1. The van der Waals surface area contributed by atoms with Crippen LogP contribution >= 0.6 is 0 Å². The fraction of sp³-hybridized carbons (Fsp3) is 0.500. The standard InChI is InChI=1S/C12H17FN2O/c13-11-4-1-5-12(14)10(11)8-15-6-2-3-9(16)7-15/h1,4-5,9,16H,2-3,6-8,14H2. The van der Waals surface area contributed by atoms with E-state index in [1.54, 1.807) is 12.1 Å². The molecule has 1 fully saturated rings. The second-order valence-electron chi connectivity index (χ2n) is 4.34. The van der Waals surface area contributed by atoms with E-state index < -0.39 is 0 Å². The molecule has 0 aromatic heterocycles. The number of aliphatic hydroxyl groups is 1. The maximum absolute atomic E-state index is 13.5. The Morgan fingerprint density at radius 1 is 1.50 bits per heavy atom. The predicted molar refractivity (Wildman–Crippen MR) is 61.3 cm³/mol. The van der Waals surface area contributed by atoms with E-state index in [1.165, 1.54) is 6.07 Å². The van der Waals surface area contributed by atoms with Crippen LogP contribution in [0.2, 0.25) is 0 Å². The van der Waals surface area contributed by atoms with Gasteiger partial charge in [0, 0.05) is 24.3 Å². The fourth-order valence-corrected chi connectivity index (χ4v) is 2.14. The summed E-state index contributed by atoms with van der Waals surface area (Å²) in [5.41, 5.74) is 6.77. The van der Waals surface area contributed by atoms with E-state index in [-0.39, 0.29) is 11.9 Å². The quantitative estimate of drug-likeness (QED) is 0.746. The molecule has 4 heteroatoms. The molecule has 0 bridgehead atoms. The highest BCUT2D eigenvalue weighted by molar-refractivity contribution is 5.47. The first-order valence-electron chi connectivity index (χ1n) is 5.60. The number of hydrogen-bond donors (Lipinski definition) is 2. The lowest BCUT2D eigenvalue weighted by atomic mass is 10.1. The largest absolute Gasteiger partial charge is 0.398 e. The van der Waals surface area contributed by atoms with Gasteiger partial charge in [0.15, 0.2) is 0 Å². The Kier molecular flexibility index (Phi) is 3.41. The van der Waals surface area contributed by atoms with Crippen LogP contribution in [0.5, 0.6) is 0 Å². The van der Waals surface area contributed by atoms with Gasteiger partial charge in [-0.2, -0.15) is 0 Å². The molecule has 1 aromatic carbocycles. The van der Waals surface area contributed by atoms with Crippen LogP contribution in [0.4, 0.5) is 10.1 Å². The summed E-state index contributed by atoms with van der Waals surface area (Å²) < 4.78 is 13.5. The van der Waals surface area contributed by atoms with Gasteiger partial charge in [0.05, 0.1) is 6.10 Å². The lowest BCUT2D eigenvalue weighted by molar-refractivity contribution is 0.0664. The molecule has 0 radical (unpaired) electrons. The smallest absolute Gasteiger partial charge is 0.129 e. The second kappa shape index (κ2) is 4.80. The van der Waals surface area contributed by atoms with Gasteiger partial charge in [0.2, 0.25) is 0 Å². The van der Waals surface area contributed by atoms with Crippen molar-refractivity contribution >= 4 is 5.69 Å². The average molecular weight is 224 g/mol. The summed E-state index contributed by atoms with van der Waals surface area (Å²) in [4.78, 5) is 2.04. The highest BCUT2D eigenvalue weighted by Crippen LogP contribution is 2.20. The Morgan fingerprint density at radius 2 is 2.31 bits per heavy atom. The average Bonchev–Trinajstić information content (AvgIpc) is 2.24. The first-order valence-corrected chi connectivity index (χ1v) is 5.60. The van der Waals surface area contributed by atoms with Crippen molar-refractivity contribution in [2.75, 3.05) is 18.8 Å². The molecule has 0 saturated carbocycles. The Morgan fingerprint density at radius 3 is 3.00 bits per heavy atom. The van der Waals surface area contributed by atoms with Crippen molar-refractivity contribution in [3.8, 4) is 0 Å². The van der Waals surface area contributed by atoms with Crippen LogP contribution in [0.3, 0.4) is 0 Å². The van der Waals surface area contributed by atoms with E-state index >= 15 is 0 Å². The normalized spacial score (nSPS) is 22.2. The summed E-state index contributed by atoms with van der Waals surface area (Å²) in [6, 6.07) is 4.74. The minimum atomic E-state index is -0.290. The van der Waals surface area contributed by atoms with Crippen LogP contribution in [0, 0.1) is 5.82 Å². The molecule has 1 unspecified atom stereocenters. The van der Waals surface area contributed by atoms with Crippen LogP contribution in [-0.4, -0.2) is 29.2 Å².